The molecular formula is C16H12N2O. The van der Waals surface area contributed by atoms with Crippen LogP contribution in [-0.4, -0.2) is 5.91 Å². The largest absolute Gasteiger partial charge is 0.326 e. The number of carbonyl (C=O) groups excluding carboxylic acids is 1. The Balaban J connectivity index is 2.11. The number of carbonyl (C=O) groups is 1. The minimum absolute atomic E-state index is 0.0367. The lowest BCUT2D eigenvalue weighted by molar-refractivity contribution is -0.115. The summed E-state index contributed by atoms with van der Waals surface area (Å²) in [5.74, 6) is 0.0367. The molecule has 0 aromatic heterocycles. The highest BCUT2D eigenvalue weighted by atomic mass is 16.1. The zero-order chi connectivity index (χ0) is 13.4. The van der Waals surface area contributed by atoms with Gasteiger partial charge in [0.2, 0.25) is 5.91 Å². The van der Waals surface area contributed by atoms with Crippen LogP contribution >= 0.6 is 0 Å². The average molecular weight is 248 g/mol. The molecule has 1 heterocycles. The summed E-state index contributed by atoms with van der Waals surface area (Å²) in [7, 11) is 0. The van der Waals surface area contributed by atoms with Crippen molar-refractivity contribution in [2.24, 2.45) is 0 Å². The van der Waals surface area contributed by atoms with Gasteiger partial charge in [0, 0.05) is 5.69 Å². The lowest BCUT2D eigenvalue weighted by Gasteiger charge is -2.08. The van der Waals surface area contributed by atoms with E-state index >= 15 is 0 Å². The Morgan fingerprint density at radius 1 is 1.21 bits per heavy atom. The molecular weight excluding hydrogens is 236 g/mol. The fraction of sp³-hybridized carbons (Fsp3) is 0.125. The first-order chi connectivity index (χ1) is 9.17. The third-order valence-electron chi connectivity index (χ3n) is 3.41. The van der Waals surface area contributed by atoms with Gasteiger partial charge in [0.25, 0.3) is 0 Å². The SMILES string of the molecule is Cc1ccc(C#N)cc1-c1ccc2c(c1)CC(=O)N2. The number of fused-ring (bicyclic) bond motifs is 1. The quantitative estimate of drug-likeness (QED) is 0.843. The van der Waals surface area contributed by atoms with Crippen molar-refractivity contribution in [2.75, 3.05) is 5.32 Å². The first-order valence-electron chi connectivity index (χ1n) is 6.11. The number of nitrogens with one attached hydrogen (secondary N) is 1. The fourth-order valence-electron chi connectivity index (χ4n) is 2.40. The van der Waals surface area contributed by atoms with Gasteiger partial charge >= 0.3 is 0 Å². The van der Waals surface area contributed by atoms with Gasteiger partial charge in [-0.3, -0.25) is 4.79 Å². The first-order valence-corrected chi connectivity index (χ1v) is 6.11. The maximum atomic E-state index is 11.4. The van der Waals surface area contributed by atoms with Crippen molar-refractivity contribution in [1.29, 1.82) is 5.26 Å². The summed E-state index contributed by atoms with van der Waals surface area (Å²) < 4.78 is 0. The predicted octanol–water partition coefficient (Wildman–Crippen LogP) is 3.03. The molecule has 0 saturated heterocycles. The molecule has 1 amide bonds. The third-order valence-corrected chi connectivity index (χ3v) is 3.41. The number of aryl methyl sites for hydroxylation is 1. The van der Waals surface area contributed by atoms with Crippen molar-refractivity contribution >= 4 is 11.6 Å². The van der Waals surface area contributed by atoms with E-state index in [2.05, 4.69) is 11.4 Å². The molecule has 19 heavy (non-hydrogen) atoms. The molecule has 1 aliphatic heterocycles. The van der Waals surface area contributed by atoms with Crippen molar-refractivity contribution < 1.29 is 4.79 Å². The van der Waals surface area contributed by atoms with Crippen LogP contribution in [0.15, 0.2) is 36.4 Å². The number of anilines is 1. The van der Waals surface area contributed by atoms with Gasteiger partial charge in [-0.2, -0.15) is 5.26 Å². The van der Waals surface area contributed by atoms with Crippen molar-refractivity contribution in [1.82, 2.24) is 0 Å². The van der Waals surface area contributed by atoms with E-state index in [-0.39, 0.29) is 5.91 Å². The Labute approximate surface area is 111 Å². The Morgan fingerprint density at radius 3 is 2.84 bits per heavy atom. The molecule has 2 aromatic carbocycles. The second-order valence-electron chi connectivity index (χ2n) is 4.74. The molecule has 3 heteroatoms. The van der Waals surface area contributed by atoms with Gasteiger partial charge in [0.1, 0.15) is 0 Å². The summed E-state index contributed by atoms with van der Waals surface area (Å²) in [4.78, 5) is 11.4. The average Bonchev–Trinajstić information content (AvgIpc) is 2.78. The van der Waals surface area contributed by atoms with E-state index in [1.807, 2.05) is 43.3 Å². The Morgan fingerprint density at radius 2 is 2.05 bits per heavy atom. The monoisotopic (exact) mass is 248 g/mol. The smallest absolute Gasteiger partial charge is 0.228 e. The van der Waals surface area contributed by atoms with E-state index in [9.17, 15) is 4.79 Å². The number of amides is 1. The summed E-state index contributed by atoms with van der Waals surface area (Å²) in [5, 5.41) is 11.8. The summed E-state index contributed by atoms with van der Waals surface area (Å²) in [6, 6.07) is 13.7. The minimum Gasteiger partial charge on any atom is -0.326 e. The van der Waals surface area contributed by atoms with Gasteiger partial charge in [-0.05, 0) is 53.4 Å². The maximum Gasteiger partial charge on any atom is 0.228 e. The molecule has 0 fully saturated rings. The molecule has 0 aliphatic carbocycles. The number of hydrogen-bond acceptors (Lipinski definition) is 2. The maximum absolute atomic E-state index is 11.4. The van der Waals surface area contributed by atoms with E-state index in [4.69, 9.17) is 5.26 Å². The molecule has 0 bridgehead atoms. The lowest BCUT2D eigenvalue weighted by atomic mass is 9.96. The standard InChI is InChI=1S/C16H12N2O/c1-10-2-3-11(9-17)6-14(10)12-4-5-15-13(7-12)8-16(19)18-15/h2-7H,8H2,1H3,(H,18,19). The van der Waals surface area contributed by atoms with Crippen LogP contribution in [0, 0.1) is 18.3 Å². The number of hydrogen-bond donors (Lipinski definition) is 1. The van der Waals surface area contributed by atoms with Gasteiger partial charge in [-0.15, -0.1) is 0 Å². The Kier molecular flexibility index (Phi) is 2.57. The summed E-state index contributed by atoms with van der Waals surface area (Å²) >= 11 is 0. The van der Waals surface area contributed by atoms with E-state index in [0.29, 0.717) is 12.0 Å². The zero-order valence-electron chi connectivity index (χ0n) is 10.5. The number of nitriles is 1. The van der Waals surface area contributed by atoms with Crippen molar-refractivity contribution in [3.63, 3.8) is 0 Å². The molecule has 2 aromatic rings. The van der Waals surface area contributed by atoms with E-state index in [0.717, 1.165) is 27.9 Å². The third kappa shape index (κ3) is 1.98. The molecule has 3 rings (SSSR count). The fourth-order valence-corrected chi connectivity index (χ4v) is 2.40. The van der Waals surface area contributed by atoms with Crippen LogP contribution in [-0.2, 0) is 11.2 Å². The van der Waals surface area contributed by atoms with Crippen molar-refractivity contribution in [2.45, 2.75) is 13.3 Å². The Bertz CT molecular complexity index is 726. The van der Waals surface area contributed by atoms with E-state index < -0.39 is 0 Å². The number of benzene rings is 2. The van der Waals surface area contributed by atoms with Crippen molar-refractivity contribution in [3.05, 3.63) is 53.1 Å². The highest BCUT2D eigenvalue weighted by molar-refractivity contribution is 5.99. The lowest BCUT2D eigenvalue weighted by Crippen LogP contribution is -2.03. The van der Waals surface area contributed by atoms with Crippen LogP contribution in [0.3, 0.4) is 0 Å². The molecule has 0 saturated carbocycles. The molecule has 3 nitrogen and oxygen atoms in total. The van der Waals surface area contributed by atoms with Gasteiger partial charge in [-0.25, -0.2) is 0 Å². The minimum atomic E-state index is 0.0367. The first kappa shape index (κ1) is 11.5. The molecule has 1 aliphatic rings. The summed E-state index contributed by atoms with van der Waals surface area (Å²) in [6.45, 7) is 2.02. The predicted molar refractivity (Wildman–Crippen MR) is 73.7 cm³/mol. The molecule has 0 unspecified atom stereocenters. The topological polar surface area (TPSA) is 52.9 Å². The summed E-state index contributed by atoms with van der Waals surface area (Å²) in [5.41, 5.74) is 5.77. The highest BCUT2D eigenvalue weighted by Gasteiger charge is 2.18. The van der Waals surface area contributed by atoms with Crippen LogP contribution in [0.1, 0.15) is 16.7 Å². The number of nitrogens with zero attached hydrogens (tertiary/aromatic N) is 1. The van der Waals surface area contributed by atoms with Gasteiger partial charge in [-0.1, -0.05) is 12.1 Å². The van der Waals surface area contributed by atoms with Crippen LogP contribution in [0.4, 0.5) is 5.69 Å². The van der Waals surface area contributed by atoms with Crippen LogP contribution in [0.5, 0.6) is 0 Å². The second-order valence-corrected chi connectivity index (χ2v) is 4.74. The van der Waals surface area contributed by atoms with Crippen LogP contribution in [0.25, 0.3) is 11.1 Å². The van der Waals surface area contributed by atoms with Crippen LogP contribution < -0.4 is 5.32 Å². The van der Waals surface area contributed by atoms with Gasteiger partial charge < -0.3 is 5.32 Å². The number of rotatable bonds is 1. The van der Waals surface area contributed by atoms with Gasteiger partial charge in [0.15, 0.2) is 0 Å². The molecule has 0 radical (unpaired) electrons. The zero-order valence-corrected chi connectivity index (χ0v) is 10.5. The van der Waals surface area contributed by atoms with E-state index in [1.54, 1.807) is 0 Å². The normalized spacial score (nSPS) is 12.7. The van der Waals surface area contributed by atoms with Gasteiger partial charge in [0.05, 0.1) is 18.1 Å². The molecule has 0 spiro atoms. The highest BCUT2D eigenvalue weighted by Crippen LogP contribution is 2.31. The molecule has 1 N–H and O–H groups in total. The second kappa shape index (κ2) is 4.25. The van der Waals surface area contributed by atoms with Crippen LogP contribution in [0.2, 0.25) is 0 Å². The molecule has 0 atom stereocenters. The summed E-state index contributed by atoms with van der Waals surface area (Å²) in [6.07, 6.45) is 0.431. The molecule has 92 valence electrons. The van der Waals surface area contributed by atoms with Crippen molar-refractivity contribution in [3.8, 4) is 17.2 Å². The van der Waals surface area contributed by atoms with E-state index in [1.165, 1.54) is 0 Å². The Hall–Kier alpha value is -2.60.